The number of benzene rings is 2. The zero-order valence-corrected chi connectivity index (χ0v) is 16.7. The smallest absolute Gasteiger partial charge is 0.232 e. The number of nitrogens with zero attached hydrogens (tertiary/aromatic N) is 1. The third-order valence-electron chi connectivity index (χ3n) is 4.01. The van der Waals surface area contributed by atoms with E-state index in [-0.39, 0.29) is 18.9 Å². The van der Waals surface area contributed by atoms with Gasteiger partial charge in [0, 0.05) is 23.7 Å². The maximum atomic E-state index is 12.2. The van der Waals surface area contributed by atoms with Crippen molar-refractivity contribution in [1.82, 2.24) is 0 Å². The van der Waals surface area contributed by atoms with Crippen LogP contribution in [0.1, 0.15) is 24.0 Å². The van der Waals surface area contributed by atoms with Gasteiger partial charge in [-0.2, -0.15) is 0 Å². The van der Waals surface area contributed by atoms with Crippen molar-refractivity contribution in [2.45, 2.75) is 26.7 Å². The van der Waals surface area contributed by atoms with Gasteiger partial charge in [0.2, 0.25) is 15.9 Å². The van der Waals surface area contributed by atoms with Gasteiger partial charge in [-0.05, 0) is 49.6 Å². The molecule has 0 fully saturated rings. The average molecular weight is 395 g/mol. The van der Waals surface area contributed by atoms with Gasteiger partial charge in [-0.25, -0.2) is 8.42 Å². The third-order valence-corrected chi connectivity index (χ3v) is 5.44. The summed E-state index contributed by atoms with van der Waals surface area (Å²) in [7, 11) is -3.46. The van der Waals surface area contributed by atoms with Crippen LogP contribution in [0.25, 0.3) is 0 Å². The molecule has 1 amide bonds. The Balaban J connectivity index is 2.00. The van der Waals surface area contributed by atoms with Gasteiger partial charge in [0.1, 0.15) is 0 Å². The summed E-state index contributed by atoms with van der Waals surface area (Å²) in [4.78, 5) is 12.2. The Morgan fingerprint density at radius 3 is 2.31 bits per heavy atom. The fourth-order valence-electron chi connectivity index (χ4n) is 2.71. The van der Waals surface area contributed by atoms with Crippen LogP contribution in [0.3, 0.4) is 0 Å². The lowest BCUT2D eigenvalue weighted by Crippen LogP contribution is -2.31. The van der Waals surface area contributed by atoms with E-state index in [1.54, 1.807) is 24.3 Å². The number of anilines is 2. The standard InChI is InChI=1S/C19H23ClN2O3S/c1-14-7-4-8-15(2)19(14)21-18(23)11-6-12-22(26(3,24)25)17-10-5-9-16(20)13-17/h4-5,7-10,13H,6,11-12H2,1-3H3,(H,21,23). The normalized spacial score (nSPS) is 11.2. The first-order valence-electron chi connectivity index (χ1n) is 8.28. The first-order valence-corrected chi connectivity index (χ1v) is 10.5. The number of amides is 1. The molecule has 0 saturated heterocycles. The summed E-state index contributed by atoms with van der Waals surface area (Å²) in [5.74, 6) is -0.137. The number of carbonyl (C=O) groups is 1. The predicted octanol–water partition coefficient (Wildman–Crippen LogP) is 4.14. The van der Waals surface area contributed by atoms with E-state index in [1.807, 2.05) is 32.0 Å². The fourth-order valence-corrected chi connectivity index (χ4v) is 3.86. The summed E-state index contributed by atoms with van der Waals surface area (Å²) in [5, 5.41) is 3.37. The van der Waals surface area contributed by atoms with Crippen molar-refractivity contribution < 1.29 is 13.2 Å². The van der Waals surface area contributed by atoms with E-state index in [4.69, 9.17) is 11.6 Å². The Labute approximate surface area is 160 Å². The number of sulfonamides is 1. The van der Waals surface area contributed by atoms with Crippen molar-refractivity contribution in [3.05, 3.63) is 58.6 Å². The largest absolute Gasteiger partial charge is 0.326 e. The number of halogens is 1. The van der Waals surface area contributed by atoms with Crippen molar-refractivity contribution in [1.29, 1.82) is 0 Å². The topological polar surface area (TPSA) is 66.5 Å². The lowest BCUT2D eigenvalue weighted by atomic mass is 10.1. The van der Waals surface area contributed by atoms with E-state index in [0.29, 0.717) is 17.1 Å². The average Bonchev–Trinajstić information content (AvgIpc) is 2.54. The van der Waals surface area contributed by atoms with Gasteiger partial charge in [0.05, 0.1) is 11.9 Å². The molecule has 2 aromatic carbocycles. The molecule has 1 N–H and O–H groups in total. The Morgan fingerprint density at radius 1 is 1.12 bits per heavy atom. The molecule has 2 rings (SSSR count). The molecular weight excluding hydrogens is 372 g/mol. The molecule has 0 aliphatic heterocycles. The highest BCUT2D eigenvalue weighted by Gasteiger charge is 2.18. The molecule has 5 nitrogen and oxygen atoms in total. The van der Waals surface area contributed by atoms with Crippen LogP contribution in [-0.4, -0.2) is 27.1 Å². The quantitative estimate of drug-likeness (QED) is 0.767. The number of rotatable bonds is 7. The number of hydrogen-bond donors (Lipinski definition) is 1. The van der Waals surface area contributed by atoms with Crippen LogP contribution < -0.4 is 9.62 Å². The number of nitrogens with one attached hydrogen (secondary N) is 1. The SMILES string of the molecule is Cc1cccc(C)c1NC(=O)CCCN(c1cccc(Cl)c1)S(C)(=O)=O. The lowest BCUT2D eigenvalue weighted by molar-refractivity contribution is -0.116. The second kappa shape index (κ2) is 8.56. The summed E-state index contributed by atoms with van der Waals surface area (Å²) in [6.07, 6.45) is 1.77. The van der Waals surface area contributed by atoms with Crippen LogP contribution in [0.4, 0.5) is 11.4 Å². The maximum absolute atomic E-state index is 12.2. The molecule has 140 valence electrons. The molecule has 0 heterocycles. The molecule has 0 unspecified atom stereocenters. The number of hydrogen-bond acceptors (Lipinski definition) is 3. The molecule has 0 aromatic heterocycles. The van der Waals surface area contributed by atoms with Gasteiger partial charge < -0.3 is 5.32 Å². The molecule has 0 radical (unpaired) electrons. The van der Waals surface area contributed by atoms with Gasteiger partial charge >= 0.3 is 0 Å². The molecule has 26 heavy (non-hydrogen) atoms. The Bertz CT molecular complexity index is 877. The number of para-hydroxylation sites is 1. The van der Waals surface area contributed by atoms with Gasteiger partial charge in [0.15, 0.2) is 0 Å². The van der Waals surface area contributed by atoms with Crippen LogP contribution >= 0.6 is 11.6 Å². The molecule has 2 aromatic rings. The van der Waals surface area contributed by atoms with E-state index in [2.05, 4.69) is 5.32 Å². The van der Waals surface area contributed by atoms with Gasteiger partial charge in [0.25, 0.3) is 0 Å². The van der Waals surface area contributed by atoms with Crippen molar-refractivity contribution in [3.8, 4) is 0 Å². The van der Waals surface area contributed by atoms with Gasteiger partial charge in [-0.1, -0.05) is 35.9 Å². The Kier molecular flexibility index (Phi) is 6.67. The predicted molar refractivity (Wildman–Crippen MR) is 107 cm³/mol. The van der Waals surface area contributed by atoms with E-state index >= 15 is 0 Å². The molecule has 0 aliphatic rings. The maximum Gasteiger partial charge on any atom is 0.232 e. The zero-order valence-electron chi connectivity index (χ0n) is 15.1. The monoisotopic (exact) mass is 394 g/mol. The Hall–Kier alpha value is -2.05. The van der Waals surface area contributed by atoms with Crippen molar-refractivity contribution in [2.24, 2.45) is 0 Å². The third kappa shape index (κ3) is 5.47. The van der Waals surface area contributed by atoms with E-state index in [9.17, 15) is 13.2 Å². The number of carbonyl (C=O) groups excluding carboxylic acids is 1. The fraction of sp³-hybridized carbons (Fsp3) is 0.316. The summed E-state index contributed by atoms with van der Waals surface area (Å²) >= 11 is 5.96. The second-order valence-corrected chi connectivity index (χ2v) is 8.58. The molecule has 7 heteroatoms. The van der Waals surface area contributed by atoms with Gasteiger partial charge in [-0.15, -0.1) is 0 Å². The van der Waals surface area contributed by atoms with E-state index in [0.717, 1.165) is 23.1 Å². The summed E-state index contributed by atoms with van der Waals surface area (Å²) in [6.45, 7) is 4.08. The van der Waals surface area contributed by atoms with Crippen LogP contribution in [0, 0.1) is 13.8 Å². The van der Waals surface area contributed by atoms with Crippen molar-refractivity contribution in [2.75, 3.05) is 22.4 Å². The van der Waals surface area contributed by atoms with Crippen LogP contribution in [0.15, 0.2) is 42.5 Å². The Morgan fingerprint density at radius 2 is 1.73 bits per heavy atom. The molecular formula is C19H23ClN2O3S. The van der Waals surface area contributed by atoms with Crippen LogP contribution in [0.5, 0.6) is 0 Å². The minimum Gasteiger partial charge on any atom is -0.326 e. The summed E-state index contributed by atoms with van der Waals surface area (Å²) in [5.41, 5.74) is 3.30. The van der Waals surface area contributed by atoms with E-state index in [1.165, 1.54) is 4.31 Å². The van der Waals surface area contributed by atoms with Crippen molar-refractivity contribution >= 4 is 38.9 Å². The minimum absolute atomic E-state index is 0.137. The first-order chi connectivity index (χ1) is 12.2. The highest BCUT2D eigenvalue weighted by atomic mass is 35.5. The zero-order chi connectivity index (χ0) is 19.3. The molecule has 0 saturated carbocycles. The van der Waals surface area contributed by atoms with E-state index < -0.39 is 10.0 Å². The number of aryl methyl sites for hydroxylation is 2. The highest BCUT2D eigenvalue weighted by Crippen LogP contribution is 2.23. The second-order valence-electron chi connectivity index (χ2n) is 6.23. The van der Waals surface area contributed by atoms with Crippen molar-refractivity contribution in [3.63, 3.8) is 0 Å². The molecule has 0 bridgehead atoms. The molecule has 0 spiro atoms. The van der Waals surface area contributed by atoms with Crippen LogP contribution in [0.2, 0.25) is 5.02 Å². The first kappa shape index (κ1) is 20.3. The van der Waals surface area contributed by atoms with Gasteiger partial charge in [-0.3, -0.25) is 9.10 Å². The lowest BCUT2D eigenvalue weighted by Gasteiger charge is -2.22. The highest BCUT2D eigenvalue weighted by molar-refractivity contribution is 7.92. The summed E-state index contributed by atoms with van der Waals surface area (Å²) < 4.78 is 25.4. The summed E-state index contributed by atoms with van der Waals surface area (Å²) in [6, 6.07) is 12.5. The van der Waals surface area contributed by atoms with Crippen LogP contribution in [-0.2, 0) is 14.8 Å². The minimum atomic E-state index is -3.46. The molecule has 0 atom stereocenters. The molecule has 0 aliphatic carbocycles.